The summed E-state index contributed by atoms with van der Waals surface area (Å²) in [6, 6.07) is 11.1. The van der Waals surface area contributed by atoms with Gasteiger partial charge in [-0.05, 0) is 37.3 Å². The molecule has 0 unspecified atom stereocenters. The topological polar surface area (TPSA) is 82.5 Å². The smallest absolute Gasteiger partial charge is 0.247 e. The van der Waals surface area contributed by atoms with Crippen LogP contribution in [0.3, 0.4) is 0 Å². The lowest BCUT2D eigenvalue weighted by molar-refractivity contribution is 0.508. The second-order valence-corrected chi connectivity index (χ2v) is 7.56. The third-order valence-electron chi connectivity index (χ3n) is 3.92. The Balaban J connectivity index is 1.53. The number of hydrogen-bond acceptors (Lipinski definition) is 7. The highest BCUT2D eigenvalue weighted by Gasteiger charge is 2.20. The molecule has 0 aliphatic heterocycles. The first-order valence-electron chi connectivity index (χ1n) is 8.17. The lowest BCUT2D eigenvalue weighted by Gasteiger charge is -2.07. The number of pyridine rings is 1. The van der Waals surface area contributed by atoms with Crippen LogP contribution in [0.25, 0.3) is 22.8 Å². The monoisotopic (exact) mass is 398 g/mol. The summed E-state index contributed by atoms with van der Waals surface area (Å²) < 4.78 is 7.76. The first kappa shape index (κ1) is 17.7. The van der Waals surface area contributed by atoms with Gasteiger partial charge in [0.1, 0.15) is 0 Å². The Hall–Kier alpha value is -2.71. The highest BCUT2D eigenvalue weighted by Crippen LogP contribution is 2.35. The Bertz CT molecular complexity index is 1060. The molecule has 4 aromatic rings. The van der Waals surface area contributed by atoms with Crippen molar-refractivity contribution in [3.63, 3.8) is 0 Å². The maximum absolute atomic E-state index is 6.03. The molecule has 0 N–H and O–H groups in total. The van der Waals surface area contributed by atoms with Gasteiger partial charge in [0.2, 0.25) is 11.8 Å². The SMILES string of the molecule is C[C@H](Sc1nnc(-c2ccncc2)n1C)c1nnc(-c2cccc(Cl)c2)o1. The van der Waals surface area contributed by atoms with Gasteiger partial charge in [0.15, 0.2) is 11.0 Å². The van der Waals surface area contributed by atoms with E-state index in [1.54, 1.807) is 24.5 Å². The number of hydrogen-bond donors (Lipinski definition) is 0. The van der Waals surface area contributed by atoms with E-state index < -0.39 is 0 Å². The maximum Gasteiger partial charge on any atom is 0.247 e. The van der Waals surface area contributed by atoms with Crippen molar-refractivity contribution in [3.05, 3.63) is 59.7 Å². The number of aromatic nitrogens is 6. The van der Waals surface area contributed by atoms with Crippen molar-refractivity contribution in [3.8, 4) is 22.8 Å². The Labute approximate surface area is 164 Å². The van der Waals surface area contributed by atoms with E-state index in [0.717, 1.165) is 22.1 Å². The standard InChI is InChI=1S/C18H15ClN6OS/c1-11(16-22-23-17(26-16)13-4-3-5-14(19)10-13)27-18-24-21-15(25(18)2)12-6-8-20-9-7-12/h3-11H,1-2H3/t11-/m0/s1. The molecule has 0 spiro atoms. The van der Waals surface area contributed by atoms with Crippen molar-refractivity contribution in [1.82, 2.24) is 29.9 Å². The maximum atomic E-state index is 6.03. The quantitative estimate of drug-likeness (QED) is 0.459. The molecule has 0 radical (unpaired) electrons. The fraction of sp³-hybridized carbons (Fsp3) is 0.167. The van der Waals surface area contributed by atoms with Crippen LogP contribution in [0.1, 0.15) is 18.1 Å². The summed E-state index contributed by atoms with van der Waals surface area (Å²) in [5, 5.41) is 18.2. The largest absolute Gasteiger partial charge is 0.419 e. The van der Waals surface area contributed by atoms with Gasteiger partial charge in [0.25, 0.3) is 0 Å². The molecule has 0 amide bonds. The number of thioether (sulfide) groups is 1. The Morgan fingerprint density at radius 3 is 2.63 bits per heavy atom. The van der Waals surface area contributed by atoms with Crippen molar-refractivity contribution in [2.24, 2.45) is 7.05 Å². The third kappa shape index (κ3) is 3.72. The molecule has 0 saturated heterocycles. The summed E-state index contributed by atoms with van der Waals surface area (Å²) in [6.45, 7) is 1.99. The van der Waals surface area contributed by atoms with Crippen molar-refractivity contribution in [2.45, 2.75) is 17.3 Å². The minimum Gasteiger partial charge on any atom is -0.419 e. The van der Waals surface area contributed by atoms with Crippen molar-refractivity contribution in [2.75, 3.05) is 0 Å². The van der Waals surface area contributed by atoms with Crippen LogP contribution in [0.15, 0.2) is 58.4 Å². The molecule has 136 valence electrons. The van der Waals surface area contributed by atoms with Gasteiger partial charge in [-0.3, -0.25) is 4.98 Å². The van der Waals surface area contributed by atoms with Gasteiger partial charge < -0.3 is 8.98 Å². The normalized spacial score (nSPS) is 12.3. The number of halogens is 1. The highest BCUT2D eigenvalue weighted by atomic mass is 35.5. The lowest BCUT2D eigenvalue weighted by atomic mass is 10.2. The predicted molar refractivity (Wildman–Crippen MR) is 103 cm³/mol. The second-order valence-electron chi connectivity index (χ2n) is 5.82. The van der Waals surface area contributed by atoms with E-state index in [-0.39, 0.29) is 5.25 Å². The molecule has 0 fully saturated rings. The number of nitrogens with zero attached hydrogens (tertiary/aromatic N) is 6. The minimum absolute atomic E-state index is 0.0846. The summed E-state index contributed by atoms with van der Waals surface area (Å²) in [4.78, 5) is 4.03. The summed E-state index contributed by atoms with van der Waals surface area (Å²) >= 11 is 7.53. The average molecular weight is 399 g/mol. The van der Waals surface area contributed by atoms with Crippen molar-refractivity contribution in [1.29, 1.82) is 0 Å². The van der Waals surface area contributed by atoms with E-state index in [4.69, 9.17) is 16.0 Å². The van der Waals surface area contributed by atoms with Crippen molar-refractivity contribution >= 4 is 23.4 Å². The second kappa shape index (κ2) is 7.50. The van der Waals surface area contributed by atoms with Gasteiger partial charge in [-0.15, -0.1) is 20.4 Å². The van der Waals surface area contributed by atoms with E-state index >= 15 is 0 Å². The van der Waals surface area contributed by atoms with Crippen LogP contribution in [0.4, 0.5) is 0 Å². The van der Waals surface area contributed by atoms with Crippen LogP contribution in [-0.4, -0.2) is 29.9 Å². The molecule has 0 aliphatic rings. The van der Waals surface area contributed by atoms with E-state index in [2.05, 4.69) is 25.4 Å². The molecule has 0 bridgehead atoms. The average Bonchev–Trinajstić information content (AvgIpc) is 3.31. The molecule has 9 heteroatoms. The molecular formula is C18H15ClN6OS. The Morgan fingerprint density at radius 2 is 1.85 bits per heavy atom. The zero-order valence-electron chi connectivity index (χ0n) is 14.6. The first-order valence-corrected chi connectivity index (χ1v) is 9.43. The van der Waals surface area contributed by atoms with E-state index in [0.29, 0.717) is 16.8 Å². The van der Waals surface area contributed by atoms with Gasteiger partial charge in [0.05, 0.1) is 5.25 Å². The third-order valence-corrected chi connectivity index (χ3v) is 5.27. The Morgan fingerprint density at radius 1 is 1.04 bits per heavy atom. The minimum atomic E-state index is -0.0846. The molecular weight excluding hydrogens is 384 g/mol. The Kier molecular flexibility index (Phi) is 4.91. The summed E-state index contributed by atoms with van der Waals surface area (Å²) in [7, 11) is 1.93. The summed E-state index contributed by atoms with van der Waals surface area (Å²) in [5.41, 5.74) is 1.75. The molecule has 3 heterocycles. The molecule has 1 aromatic carbocycles. The fourth-order valence-corrected chi connectivity index (χ4v) is 3.55. The van der Waals surface area contributed by atoms with E-state index in [9.17, 15) is 0 Å². The van der Waals surface area contributed by atoms with Gasteiger partial charge in [0, 0.05) is 35.6 Å². The molecule has 3 aromatic heterocycles. The summed E-state index contributed by atoms with van der Waals surface area (Å²) in [6.07, 6.45) is 3.46. The molecule has 27 heavy (non-hydrogen) atoms. The zero-order valence-corrected chi connectivity index (χ0v) is 16.1. The van der Waals surface area contributed by atoms with Crippen LogP contribution >= 0.6 is 23.4 Å². The molecule has 0 saturated carbocycles. The lowest BCUT2D eigenvalue weighted by Crippen LogP contribution is -1.97. The molecule has 0 aliphatic carbocycles. The predicted octanol–water partition coefficient (Wildman–Crippen LogP) is 4.43. The van der Waals surface area contributed by atoms with Crippen LogP contribution in [-0.2, 0) is 7.05 Å². The van der Waals surface area contributed by atoms with Gasteiger partial charge in [-0.25, -0.2) is 0 Å². The first-order chi connectivity index (χ1) is 13.1. The fourth-order valence-electron chi connectivity index (χ4n) is 2.52. The number of benzene rings is 1. The van der Waals surface area contributed by atoms with Crippen LogP contribution in [0.2, 0.25) is 5.02 Å². The molecule has 7 nitrogen and oxygen atoms in total. The van der Waals surface area contributed by atoms with E-state index in [1.807, 2.05) is 42.8 Å². The van der Waals surface area contributed by atoms with Crippen LogP contribution in [0.5, 0.6) is 0 Å². The summed E-state index contributed by atoms with van der Waals surface area (Å²) in [5.74, 6) is 1.73. The van der Waals surface area contributed by atoms with Gasteiger partial charge >= 0.3 is 0 Å². The highest BCUT2D eigenvalue weighted by molar-refractivity contribution is 7.99. The van der Waals surface area contributed by atoms with Crippen LogP contribution < -0.4 is 0 Å². The van der Waals surface area contributed by atoms with Gasteiger partial charge in [-0.1, -0.05) is 29.4 Å². The van der Waals surface area contributed by atoms with Crippen LogP contribution in [0, 0.1) is 0 Å². The van der Waals surface area contributed by atoms with E-state index in [1.165, 1.54) is 11.8 Å². The molecule has 1 atom stereocenters. The zero-order chi connectivity index (χ0) is 18.8. The van der Waals surface area contributed by atoms with Gasteiger partial charge in [-0.2, -0.15) is 0 Å². The number of rotatable bonds is 5. The van der Waals surface area contributed by atoms with Crippen molar-refractivity contribution < 1.29 is 4.42 Å². The molecule has 4 rings (SSSR count).